The third-order valence-corrected chi connectivity index (χ3v) is 5.26. The van der Waals surface area contributed by atoms with Gasteiger partial charge in [-0.3, -0.25) is 4.79 Å². The lowest BCUT2D eigenvalue weighted by atomic mass is 9.98. The van der Waals surface area contributed by atoms with E-state index in [1.807, 2.05) is 55.5 Å². The Balaban J connectivity index is 2.21. The molecule has 3 rings (SSSR count). The number of amides is 1. The number of hydrogen-bond donors (Lipinski definition) is 1. The minimum absolute atomic E-state index is 0.413. The molecule has 29 heavy (non-hydrogen) atoms. The fourth-order valence-corrected chi connectivity index (χ4v) is 3.88. The highest BCUT2D eigenvalue weighted by molar-refractivity contribution is 6.02. The first-order chi connectivity index (χ1) is 14.0. The quantitative estimate of drug-likeness (QED) is 0.610. The average molecular weight is 392 g/mol. The minimum Gasteiger partial charge on any atom is -0.497 e. The van der Waals surface area contributed by atoms with Crippen LogP contribution in [0, 0.1) is 6.92 Å². The molecule has 152 valence electrons. The van der Waals surface area contributed by atoms with Gasteiger partial charge in [0.25, 0.3) is 5.91 Å². The topological polar surface area (TPSA) is 66.5 Å². The Morgan fingerprint density at radius 1 is 1.03 bits per heavy atom. The highest BCUT2D eigenvalue weighted by Gasteiger charge is 2.25. The molecule has 1 amide bonds. The smallest absolute Gasteiger partial charge is 0.251 e. The predicted octanol–water partition coefficient (Wildman–Crippen LogP) is 4.58. The molecule has 3 aromatic rings. The Morgan fingerprint density at radius 2 is 1.72 bits per heavy atom. The Bertz CT molecular complexity index is 1000. The SMILES string of the molecule is CCCc1c(-c2ccc(OC)cc2)c(C(N)=O)c(C)n1Cc1ccccc1OC. The summed E-state index contributed by atoms with van der Waals surface area (Å²) in [6, 6.07) is 15.7. The molecule has 0 saturated heterocycles. The number of ether oxygens (including phenoxy) is 2. The molecule has 0 atom stereocenters. The van der Waals surface area contributed by atoms with Gasteiger partial charge in [0, 0.05) is 22.5 Å². The second-order valence-electron chi connectivity index (χ2n) is 7.02. The monoisotopic (exact) mass is 392 g/mol. The first kappa shape index (κ1) is 20.5. The molecule has 5 heteroatoms. The van der Waals surface area contributed by atoms with E-state index in [1.54, 1.807) is 14.2 Å². The van der Waals surface area contributed by atoms with Crippen molar-refractivity contribution in [3.8, 4) is 22.6 Å². The van der Waals surface area contributed by atoms with E-state index >= 15 is 0 Å². The van der Waals surface area contributed by atoms with Crippen LogP contribution in [0.4, 0.5) is 0 Å². The minimum atomic E-state index is -0.413. The molecule has 0 unspecified atom stereocenters. The summed E-state index contributed by atoms with van der Waals surface area (Å²) in [5.41, 5.74) is 11.3. The van der Waals surface area contributed by atoms with E-state index in [4.69, 9.17) is 15.2 Å². The lowest BCUT2D eigenvalue weighted by Gasteiger charge is -2.15. The summed E-state index contributed by atoms with van der Waals surface area (Å²) >= 11 is 0. The van der Waals surface area contributed by atoms with E-state index < -0.39 is 5.91 Å². The normalized spacial score (nSPS) is 10.8. The van der Waals surface area contributed by atoms with Crippen molar-refractivity contribution in [3.05, 3.63) is 71.0 Å². The van der Waals surface area contributed by atoms with Gasteiger partial charge in [-0.15, -0.1) is 0 Å². The molecule has 0 bridgehead atoms. The molecule has 0 saturated carbocycles. The van der Waals surface area contributed by atoms with E-state index in [1.165, 1.54) is 0 Å². The number of primary amides is 1. The van der Waals surface area contributed by atoms with Crippen LogP contribution in [0.25, 0.3) is 11.1 Å². The van der Waals surface area contributed by atoms with Crippen molar-refractivity contribution in [2.75, 3.05) is 14.2 Å². The van der Waals surface area contributed by atoms with Crippen molar-refractivity contribution >= 4 is 5.91 Å². The van der Waals surface area contributed by atoms with Crippen LogP contribution in [0.15, 0.2) is 48.5 Å². The highest BCUT2D eigenvalue weighted by Crippen LogP contribution is 2.35. The van der Waals surface area contributed by atoms with Gasteiger partial charge in [-0.05, 0) is 37.1 Å². The first-order valence-electron chi connectivity index (χ1n) is 9.79. The van der Waals surface area contributed by atoms with Crippen molar-refractivity contribution < 1.29 is 14.3 Å². The molecular weight excluding hydrogens is 364 g/mol. The molecule has 0 aliphatic rings. The third kappa shape index (κ3) is 3.99. The number of benzene rings is 2. The van der Waals surface area contributed by atoms with Crippen LogP contribution in [-0.4, -0.2) is 24.7 Å². The zero-order valence-corrected chi connectivity index (χ0v) is 17.5. The maximum Gasteiger partial charge on any atom is 0.251 e. The highest BCUT2D eigenvalue weighted by atomic mass is 16.5. The average Bonchev–Trinajstić information content (AvgIpc) is 3.00. The molecule has 1 heterocycles. The summed E-state index contributed by atoms with van der Waals surface area (Å²) < 4.78 is 13.0. The molecule has 2 N–H and O–H groups in total. The fourth-order valence-electron chi connectivity index (χ4n) is 3.88. The van der Waals surface area contributed by atoms with Crippen LogP contribution in [0.2, 0.25) is 0 Å². The van der Waals surface area contributed by atoms with Crippen molar-refractivity contribution in [1.29, 1.82) is 0 Å². The lowest BCUT2D eigenvalue weighted by molar-refractivity contribution is 0.1000. The summed E-state index contributed by atoms with van der Waals surface area (Å²) in [6.45, 7) is 4.71. The number of para-hydroxylation sites is 1. The van der Waals surface area contributed by atoms with Gasteiger partial charge in [-0.2, -0.15) is 0 Å². The van der Waals surface area contributed by atoms with Crippen LogP contribution in [0.3, 0.4) is 0 Å². The van der Waals surface area contributed by atoms with Crippen LogP contribution in [0.1, 0.15) is 40.7 Å². The molecular formula is C24H28N2O3. The molecule has 1 aromatic heterocycles. The molecule has 0 aliphatic carbocycles. The van der Waals surface area contributed by atoms with Crippen LogP contribution in [0.5, 0.6) is 11.5 Å². The lowest BCUT2D eigenvalue weighted by Crippen LogP contribution is -2.13. The van der Waals surface area contributed by atoms with Gasteiger partial charge >= 0.3 is 0 Å². The number of aromatic nitrogens is 1. The van der Waals surface area contributed by atoms with Gasteiger partial charge in [-0.1, -0.05) is 43.7 Å². The van der Waals surface area contributed by atoms with Crippen LogP contribution < -0.4 is 15.2 Å². The maximum atomic E-state index is 12.4. The van der Waals surface area contributed by atoms with Gasteiger partial charge in [0.15, 0.2) is 0 Å². The molecule has 0 spiro atoms. The van der Waals surface area contributed by atoms with Crippen LogP contribution in [-0.2, 0) is 13.0 Å². The summed E-state index contributed by atoms with van der Waals surface area (Å²) in [4.78, 5) is 12.4. The number of rotatable bonds is 8. The standard InChI is InChI=1S/C24H28N2O3/c1-5-8-20-23(17-11-13-19(28-3)14-12-17)22(24(25)27)16(2)26(20)15-18-9-6-7-10-21(18)29-4/h6-7,9-14H,5,8,15H2,1-4H3,(H2,25,27). The van der Waals surface area contributed by atoms with Crippen LogP contribution >= 0.6 is 0 Å². The van der Waals surface area contributed by atoms with Gasteiger partial charge in [0.2, 0.25) is 0 Å². The van der Waals surface area contributed by atoms with Crippen molar-refractivity contribution in [2.45, 2.75) is 33.2 Å². The first-order valence-corrected chi connectivity index (χ1v) is 9.79. The van der Waals surface area contributed by atoms with Gasteiger partial charge in [0.05, 0.1) is 26.3 Å². The van der Waals surface area contributed by atoms with E-state index in [2.05, 4.69) is 11.5 Å². The second-order valence-corrected chi connectivity index (χ2v) is 7.02. The number of nitrogens with two attached hydrogens (primary N) is 1. The molecule has 0 radical (unpaired) electrons. The molecule has 0 aliphatic heterocycles. The second kappa shape index (κ2) is 8.86. The largest absolute Gasteiger partial charge is 0.497 e. The van der Waals surface area contributed by atoms with Crippen molar-refractivity contribution in [2.24, 2.45) is 5.73 Å². The predicted molar refractivity (Wildman–Crippen MR) is 116 cm³/mol. The zero-order chi connectivity index (χ0) is 21.0. The number of nitrogens with zero attached hydrogens (tertiary/aromatic N) is 1. The number of carbonyl (C=O) groups excluding carboxylic acids is 1. The summed E-state index contributed by atoms with van der Waals surface area (Å²) in [5.74, 6) is 1.19. The Labute approximate surface area is 172 Å². The van der Waals surface area contributed by atoms with E-state index in [9.17, 15) is 4.79 Å². The summed E-state index contributed by atoms with van der Waals surface area (Å²) in [6.07, 6.45) is 1.79. The molecule has 2 aromatic carbocycles. The van der Waals surface area contributed by atoms with Gasteiger partial charge < -0.3 is 19.8 Å². The number of methoxy groups -OCH3 is 2. The van der Waals surface area contributed by atoms with Gasteiger partial charge in [-0.25, -0.2) is 0 Å². The molecule has 5 nitrogen and oxygen atoms in total. The van der Waals surface area contributed by atoms with E-state index in [-0.39, 0.29) is 0 Å². The summed E-state index contributed by atoms with van der Waals surface area (Å²) in [7, 11) is 3.31. The Kier molecular flexibility index (Phi) is 6.27. The number of carbonyl (C=O) groups is 1. The fraction of sp³-hybridized carbons (Fsp3) is 0.292. The van der Waals surface area contributed by atoms with E-state index in [0.717, 1.165) is 52.4 Å². The maximum absolute atomic E-state index is 12.4. The Hall–Kier alpha value is -3.21. The summed E-state index contributed by atoms with van der Waals surface area (Å²) in [5, 5.41) is 0. The third-order valence-electron chi connectivity index (χ3n) is 5.26. The van der Waals surface area contributed by atoms with Crippen molar-refractivity contribution in [1.82, 2.24) is 4.57 Å². The van der Waals surface area contributed by atoms with Gasteiger partial charge in [0.1, 0.15) is 11.5 Å². The zero-order valence-electron chi connectivity index (χ0n) is 17.5. The Morgan fingerprint density at radius 3 is 2.31 bits per heavy atom. The van der Waals surface area contributed by atoms with E-state index in [0.29, 0.717) is 12.1 Å². The molecule has 0 fully saturated rings. The number of hydrogen-bond acceptors (Lipinski definition) is 3. The van der Waals surface area contributed by atoms with Crippen molar-refractivity contribution in [3.63, 3.8) is 0 Å².